The van der Waals surface area contributed by atoms with Gasteiger partial charge >= 0.3 is 0 Å². The molecule has 50 heavy (non-hydrogen) atoms. The molecule has 2 nitrogen and oxygen atoms in total. The molecule has 0 bridgehead atoms. The summed E-state index contributed by atoms with van der Waals surface area (Å²) in [6, 6.07) is 43.2. The zero-order valence-corrected chi connectivity index (χ0v) is 34.1. The maximum Gasteiger partial charge on any atom is 0.0798 e. The van der Waals surface area contributed by atoms with Gasteiger partial charge in [-0.05, 0) is 75.1 Å². The molecule has 4 heteroatoms. The van der Waals surface area contributed by atoms with Crippen LogP contribution in [0.1, 0.15) is 62.8 Å². The van der Waals surface area contributed by atoms with Crippen LogP contribution in [0.25, 0.3) is 44.8 Å². The molecule has 1 radical (unpaired) electrons. The molecule has 0 saturated heterocycles. The number of fused-ring (bicyclic) bond motifs is 3. The van der Waals surface area contributed by atoms with Crippen LogP contribution >= 0.6 is 0 Å². The maximum absolute atomic E-state index is 4.71. The molecule has 1 aliphatic carbocycles. The maximum atomic E-state index is 4.71. The molecule has 0 spiro atoms. The van der Waals surface area contributed by atoms with E-state index in [1.54, 1.807) is 0 Å². The van der Waals surface area contributed by atoms with Gasteiger partial charge in [0.2, 0.25) is 0 Å². The molecule has 1 aliphatic rings. The second-order valence-corrected chi connectivity index (χ2v) is 20.9. The Morgan fingerprint density at radius 3 is 2.12 bits per heavy atom. The van der Waals surface area contributed by atoms with Gasteiger partial charge in [-0.1, -0.05) is 126 Å². The minimum Gasteiger partial charge on any atom is -0.305 e. The molecular weight excluding hydrogens is 801 g/mol. The Morgan fingerprint density at radius 1 is 0.720 bits per heavy atom. The molecule has 2 aromatic heterocycles. The van der Waals surface area contributed by atoms with Gasteiger partial charge in [0.15, 0.2) is 0 Å². The molecule has 0 aliphatic heterocycles. The molecule has 7 rings (SSSR count). The van der Waals surface area contributed by atoms with E-state index in [1.165, 1.54) is 49.7 Å². The number of hydrogen-bond acceptors (Lipinski definition) is 2. The molecule has 257 valence electrons. The fourth-order valence-electron chi connectivity index (χ4n) is 6.61. The first-order valence-corrected chi connectivity index (χ1v) is 21.0. The van der Waals surface area contributed by atoms with Crippen LogP contribution in [0.2, 0.25) is 19.6 Å². The number of rotatable bonds is 6. The Labute approximate surface area is 314 Å². The van der Waals surface area contributed by atoms with Gasteiger partial charge in [0.1, 0.15) is 0 Å². The summed E-state index contributed by atoms with van der Waals surface area (Å²) in [6.07, 6.45) is 6.10. The van der Waals surface area contributed by atoms with Crippen molar-refractivity contribution in [2.24, 2.45) is 5.41 Å². The summed E-state index contributed by atoms with van der Waals surface area (Å²) in [4.78, 5) is 9.32. The monoisotopic (exact) mass is 849 g/mol. The predicted octanol–water partition coefficient (Wildman–Crippen LogP) is 11.6. The largest absolute Gasteiger partial charge is 0.305 e. The Morgan fingerprint density at radius 2 is 1.44 bits per heavy atom. The molecule has 0 fully saturated rings. The topological polar surface area (TPSA) is 25.8 Å². The van der Waals surface area contributed by atoms with Gasteiger partial charge in [0.05, 0.1) is 8.07 Å². The molecule has 0 saturated carbocycles. The predicted molar refractivity (Wildman–Crippen MR) is 211 cm³/mol. The smallest absolute Gasteiger partial charge is 0.0798 e. The SMILES string of the molecule is CC(C)(C)Cc1cc(-c2[c-]cccc2)ncc1[Si](C)(C)C.CC(C)c1ccnc(-c2[c-]cc3c(c2)-c2cc(-c4ccccc4)ccc2C3)c1.[Ir]. The molecule has 0 unspecified atom stereocenters. The molecule has 2 heterocycles. The molecular formula is C46H48IrN2Si-2. The summed E-state index contributed by atoms with van der Waals surface area (Å²) in [6.45, 7) is 18.5. The third kappa shape index (κ3) is 8.85. The first-order valence-electron chi connectivity index (χ1n) is 17.5. The van der Waals surface area contributed by atoms with Crippen molar-refractivity contribution >= 4 is 13.3 Å². The van der Waals surface area contributed by atoms with E-state index < -0.39 is 8.07 Å². The van der Waals surface area contributed by atoms with E-state index in [0.29, 0.717) is 5.92 Å². The average Bonchev–Trinajstić information content (AvgIpc) is 3.45. The van der Waals surface area contributed by atoms with E-state index in [-0.39, 0.29) is 25.5 Å². The van der Waals surface area contributed by atoms with Crippen molar-refractivity contribution < 1.29 is 20.1 Å². The zero-order chi connectivity index (χ0) is 34.8. The summed E-state index contributed by atoms with van der Waals surface area (Å²) in [7, 11) is -1.37. The van der Waals surface area contributed by atoms with Crippen molar-refractivity contribution in [3.8, 4) is 44.8 Å². The van der Waals surface area contributed by atoms with Gasteiger partial charge in [-0.2, -0.15) is 0 Å². The minimum atomic E-state index is -1.37. The van der Waals surface area contributed by atoms with Crippen molar-refractivity contribution in [3.63, 3.8) is 0 Å². The second kappa shape index (κ2) is 15.5. The van der Waals surface area contributed by atoms with Gasteiger partial charge in [0.25, 0.3) is 0 Å². The van der Waals surface area contributed by atoms with Crippen LogP contribution in [0.3, 0.4) is 0 Å². The van der Waals surface area contributed by atoms with E-state index in [1.807, 2.05) is 24.4 Å². The molecule has 4 aromatic carbocycles. The summed E-state index contributed by atoms with van der Waals surface area (Å²) < 4.78 is 0. The summed E-state index contributed by atoms with van der Waals surface area (Å²) in [5.74, 6) is 0.491. The number of pyridine rings is 2. The van der Waals surface area contributed by atoms with Crippen LogP contribution in [0.15, 0.2) is 116 Å². The third-order valence-corrected chi connectivity index (χ3v) is 11.2. The van der Waals surface area contributed by atoms with Gasteiger partial charge in [-0.25, -0.2) is 0 Å². The Bertz CT molecular complexity index is 2060. The van der Waals surface area contributed by atoms with E-state index >= 15 is 0 Å². The van der Waals surface area contributed by atoms with Crippen molar-refractivity contribution in [2.45, 2.75) is 73.0 Å². The molecule has 6 aromatic rings. The van der Waals surface area contributed by atoms with Crippen molar-refractivity contribution in [3.05, 3.63) is 150 Å². The van der Waals surface area contributed by atoms with Crippen LogP contribution in [0.4, 0.5) is 0 Å². The van der Waals surface area contributed by atoms with E-state index in [2.05, 4.69) is 163 Å². The number of benzene rings is 4. The summed E-state index contributed by atoms with van der Waals surface area (Å²) >= 11 is 0. The van der Waals surface area contributed by atoms with E-state index in [0.717, 1.165) is 35.4 Å². The van der Waals surface area contributed by atoms with Crippen LogP contribution in [0.5, 0.6) is 0 Å². The zero-order valence-electron chi connectivity index (χ0n) is 30.7. The minimum absolute atomic E-state index is 0. The van der Waals surface area contributed by atoms with Gasteiger partial charge in [-0.15, -0.1) is 65.2 Å². The molecule has 0 atom stereocenters. The van der Waals surface area contributed by atoms with Crippen LogP contribution in [0, 0.1) is 17.5 Å². The summed E-state index contributed by atoms with van der Waals surface area (Å²) in [5.41, 5.74) is 15.2. The van der Waals surface area contributed by atoms with Gasteiger partial charge < -0.3 is 9.97 Å². The van der Waals surface area contributed by atoms with Crippen LogP contribution < -0.4 is 5.19 Å². The van der Waals surface area contributed by atoms with Crippen molar-refractivity contribution in [2.75, 3.05) is 0 Å². The molecule has 0 amide bonds. The Hall–Kier alpha value is -3.95. The fraction of sp³-hybridized carbons (Fsp3) is 0.261. The third-order valence-electron chi connectivity index (χ3n) is 9.15. The first kappa shape index (κ1) is 37.3. The quantitative estimate of drug-likeness (QED) is 0.123. The van der Waals surface area contributed by atoms with E-state index in [9.17, 15) is 0 Å². The van der Waals surface area contributed by atoms with Crippen molar-refractivity contribution in [1.29, 1.82) is 0 Å². The van der Waals surface area contributed by atoms with Crippen molar-refractivity contribution in [1.82, 2.24) is 9.97 Å². The van der Waals surface area contributed by atoms with E-state index in [4.69, 9.17) is 4.98 Å². The van der Waals surface area contributed by atoms with Gasteiger partial charge in [0, 0.05) is 32.5 Å². The Balaban J connectivity index is 0.000000199. The number of nitrogens with zero attached hydrogens (tertiary/aromatic N) is 2. The van der Waals surface area contributed by atoms with Crippen LogP contribution in [-0.4, -0.2) is 18.0 Å². The standard InChI is InChI=1S/C27H22N.C19H26NSi.Ir/c1-18(2)20-12-13-28-27(17-20)24-11-10-23-14-22-9-8-21(15-25(22)26(23)16-24)19-6-4-3-5-7-19;1-19(2,3)13-16-12-17(15-10-8-7-9-11-15)20-14-18(16)21(4,5)6;/h3-10,12-13,15-18H,14H2,1-2H3;7-10,12,14H,13H2,1-6H3;/q2*-1;. The van der Waals surface area contributed by atoms with Gasteiger partial charge in [-0.3, -0.25) is 0 Å². The number of hydrogen-bond donors (Lipinski definition) is 0. The molecule has 0 N–H and O–H groups in total. The Kier molecular flexibility index (Phi) is 11.6. The summed E-state index contributed by atoms with van der Waals surface area (Å²) in [5, 5.41) is 1.48. The second-order valence-electron chi connectivity index (χ2n) is 15.8. The first-order chi connectivity index (χ1) is 23.4. The number of aromatic nitrogens is 2. The average molecular weight is 849 g/mol. The fourth-order valence-corrected chi connectivity index (χ4v) is 8.18. The normalized spacial score (nSPS) is 12.0. The van der Waals surface area contributed by atoms with Crippen LogP contribution in [-0.2, 0) is 32.9 Å².